The monoisotopic (exact) mass is 284 g/mol. The van der Waals surface area contributed by atoms with E-state index in [-0.39, 0.29) is 11.3 Å². The summed E-state index contributed by atoms with van der Waals surface area (Å²) < 4.78 is 10.5. The summed E-state index contributed by atoms with van der Waals surface area (Å²) >= 11 is 3.03. The van der Waals surface area contributed by atoms with Crippen molar-refractivity contribution in [2.45, 2.75) is 6.92 Å². The smallest absolute Gasteiger partial charge is 0.322 e. The van der Waals surface area contributed by atoms with E-state index in [0.29, 0.717) is 18.1 Å². The Balaban J connectivity index is 2.74. The molecule has 0 bridgehead atoms. The normalized spacial score (nSPS) is 9.62. The molecule has 0 radical (unpaired) electrons. The molecule has 0 atom stereocenters. The first-order valence-corrected chi connectivity index (χ1v) is 5.88. The average Bonchev–Trinajstić information content (AvgIpc) is 2.27. The van der Waals surface area contributed by atoms with Crippen LogP contribution in [0.5, 0.6) is 11.5 Å². The molecule has 0 aliphatic heterocycles. The van der Waals surface area contributed by atoms with E-state index in [9.17, 15) is 4.79 Å². The lowest BCUT2D eigenvalue weighted by Crippen LogP contribution is -2.10. The molecule has 1 rings (SSSR count). The summed E-state index contributed by atoms with van der Waals surface area (Å²) in [4.78, 5) is 11.1. The average molecular weight is 285 g/mol. The first-order chi connectivity index (χ1) is 7.63. The predicted molar refractivity (Wildman–Crippen MR) is 66.2 cm³/mol. The fourth-order valence-corrected chi connectivity index (χ4v) is 1.12. The molecule has 86 valence electrons. The van der Waals surface area contributed by atoms with Crippen LogP contribution in [0.1, 0.15) is 6.92 Å². The number of ether oxygens (including phenoxy) is 2. The van der Waals surface area contributed by atoms with E-state index in [2.05, 4.69) is 22.5 Å². The number of rotatable bonds is 5. The van der Waals surface area contributed by atoms with Gasteiger partial charge in [0.05, 0.1) is 0 Å². The van der Waals surface area contributed by atoms with Gasteiger partial charge in [0.15, 0.2) is 11.5 Å². The van der Waals surface area contributed by atoms with Gasteiger partial charge in [0.25, 0.3) is 0 Å². The van der Waals surface area contributed by atoms with Crippen LogP contribution in [-0.4, -0.2) is 17.9 Å². The van der Waals surface area contributed by atoms with Gasteiger partial charge < -0.3 is 9.47 Å². The molecule has 1 aromatic rings. The zero-order valence-corrected chi connectivity index (χ0v) is 10.6. The fourth-order valence-electron chi connectivity index (χ4n) is 1.00. The van der Waals surface area contributed by atoms with Gasteiger partial charge in [0, 0.05) is 0 Å². The van der Waals surface area contributed by atoms with Crippen LogP contribution >= 0.6 is 15.9 Å². The zero-order valence-electron chi connectivity index (χ0n) is 9.03. The molecule has 16 heavy (non-hydrogen) atoms. The minimum absolute atomic E-state index is 0.155. The number of halogens is 1. The second kappa shape index (κ2) is 6.33. The van der Waals surface area contributed by atoms with Gasteiger partial charge in [-0.25, -0.2) is 0 Å². The zero-order chi connectivity index (χ0) is 12.0. The van der Waals surface area contributed by atoms with Gasteiger partial charge in [-0.2, -0.15) is 0 Å². The topological polar surface area (TPSA) is 35.5 Å². The highest BCUT2D eigenvalue weighted by Crippen LogP contribution is 2.26. The third kappa shape index (κ3) is 4.06. The highest BCUT2D eigenvalue weighted by atomic mass is 79.9. The van der Waals surface area contributed by atoms with Crippen LogP contribution in [0.25, 0.3) is 0 Å². The fraction of sp³-hybridized carbons (Fsp3) is 0.250. The summed E-state index contributed by atoms with van der Waals surface area (Å²) in [6.07, 6.45) is 0. The van der Waals surface area contributed by atoms with Crippen LogP contribution in [0.3, 0.4) is 0 Å². The SMILES string of the molecule is C=C(C)COc1ccccc1OC(=O)CBr. The molecule has 0 amide bonds. The molecule has 0 saturated heterocycles. The Morgan fingerprint density at radius 1 is 1.38 bits per heavy atom. The molecule has 0 aliphatic rings. The molecule has 0 spiro atoms. The number of hydrogen-bond donors (Lipinski definition) is 0. The summed E-state index contributed by atoms with van der Waals surface area (Å²) in [5.74, 6) is 0.611. The Hall–Kier alpha value is -1.29. The largest absolute Gasteiger partial charge is 0.485 e. The molecule has 0 aliphatic carbocycles. The van der Waals surface area contributed by atoms with Crippen molar-refractivity contribution in [3.05, 3.63) is 36.4 Å². The van der Waals surface area contributed by atoms with Gasteiger partial charge in [0.1, 0.15) is 11.9 Å². The number of carbonyl (C=O) groups is 1. The van der Waals surface area contributed by atoms with Crippen LogP contribution in [0.15, 0.2) is 36.4 Å². The van der Waals surface area contributed by atoms with Crippen LogP contribution in [0.4, 0.5) is 0 Å². The van der Waals surface area contributed by atoms with Crippen LogP contribution in [-0.2, 0) is 4.79 Å². The highest BCUT2D eigenvalue weighted by molar-refractivity contribution is 9.09. The molecular weight excluding hydrogens is 272 g/mol. The summed E-state index contributed by atoms with van der Waals surface area (Å²) in [6.45, 7) is 6.01. The quantitative estimate of drug-likeness (QED) is 0.361. The molecule has 0 saturated carbocycles. The molecule has 1 aromatic carbocycles. The molecule has 0 unspecified atom stereocenters. The number of alkyl halides is 1. The van der Waals surface area contributed by atoms with E-state index in [4.69, 9.17) is 9.47 Å². The van der Waals surface area contributed by atoms with Gasteiger partial charge in [-0.15, -0.1) is 0 Å². The van der Waals surface area contributed by atoms with Crippen LogP contribution in [0, 0.1) is 0 Å². The predicted octanol–water partition coefficient (Wildman–Crippen LogP) is 2.94. The van der Waals surface area contributed by atoms with Gasteiger partial charge in [-0.3, -0.25) is 4.79 Å². The van der Waals surface area contributed by atoms with Crippen LogP contribution in [0.2, 0.25) is 0 Å². The van der Waals surface area contributed by atoms with E-state index < -0.39 is 0 Å². The third-order valence-corrected chi connectivity index (χ3v) is 2.11. The molecular formula is C12H13BrO3. The maximum atomic E-state index is 11.1. The van der Waals surface area contributed by atoms with E-state index >= 15 is 0 Å². The summed E-state index contributed by atoms with van der Waals surface area (Å²) in [5, 5.41) is 0.155. The minimum atomic E-state index is -0.355. The van der Waals surface area contributed by atoms with Crippen molar-refractivity contribution in [3.63, 3.8) is 0 Å². The number of benzene rings is 1. The summed E-state index contributed by atoms with van der Waals surface area (Å²) in [7, 11) is 0. The number of hydrogen-bond acceptors (Lipinski definition) is 3. The van der Waals surface area contributed by atoms with Gasteiger partial charge in [0.2, 0.25) is 0 Å². The first kappa shape index (κ1) is 12.8. The molecule has 0 fully saturated rings. The Bertz CT molecular complexity index is 388. The van der Waals surface area contributed by atoms with Crippen molar-refractivity contribution in [1.29, 1.82) is 0 Å². The van der Waals surface area contributed by atoms with Crippen molar-refractivity contribution in [1.82, 2.24) is 0 Å². The van der Waals surface area contributed by atoms with Gasteiger partial charge in [-0.1, -0.05) is 34.6 Å². The molecule has 0 aromatic heterocycles. The van der Waals surface area contributed by atoms with Crippen LogP contribution < -0.4 is 9.47 Å². The Kier molecular flexibility index (Phi) is 5.05. The summed E-state index contributed by atoms with van der Waals surface area (Å²) in [5.41, 5.74) is 0.904. The Labute approximate surface area is 103 Å². The third-order valence-electron chi connectivity index (χ3n) is 1.66. The van der Waals surface area contributed by atoms with E-state index in [1.165, 1.54) is 0 Å². The molecule has 3 nitrogen and oxygen atoms in total. The number of carbonyl (C=O) groups excluding carboxylic acids is 1. The van der Waals surface area contributed by atoms with E-state index in [1.54, 1.807) is 18.2 Å². The lowest BCUT2D eigenvalue weighted by Gasteiger charge is -2.10. The van der Waals surface area contributed by atoms with Crippen molar-refractivity contribution in [2.24, 2.45) is 0 Å². The number of para-hydroxylation sites is 2. The molecule has 4 heteroatoms. The van der Waals surface area contributed by atoms with Crippen molar-refractivity contribution in [3.8, 4) is 11.5 Å². The lowest BCUT2D eigenvalue weighted by atomic mass is 10.3. The second-order valence-electron chi connectivity index (χ2n) is 3.30. The Morgan fingerprint density at radius 2 is 2.00 bits per heavy atom. The second-order valence-corrected chi connectivity index (χ2v) is 3.86. The van der Waals surface area contributed by atoms with E-state index in [0.717, 1.165) is 5.57 Å². The Morgan fingerprint density at radius 3 is 2.56 bits per heavy atom. The standard InChI is InChI=1S/C12H13BrO3/c1-9(2)8-15-10-5-3-4-6-11(10)16-12(14)7-13/h3-6H,1,7-8H2,2H3. The van der Waals surface area contributed by atoms with Crippen molar-refractivity contribution < 1.29 is 14.3 Å². The maximum Gasteiger partial charge on any atom is 0.322 e. The minimum Gasteiger partial charge on any atom is -0.485 e. The first-order valence-electron chi connectivity index (χ1n) is 4.76. The lowest BCUT2D eigenvalue weighted by molar-refractivity contribution is -0.131. The van der Waals surface area contributed by atoms with E-state index in [1.807, 2.05) is 13.0 Å². The van der Waals surface area contributed by atoms with Gasteiger partial charge >= 0.3 is 5.97 Å². The summed E-state index contributed by atoms with van der Waals surface area (Å²) in [6, 6.07) is 7.04. The van der Waals surface area contributed by atoms with Crippen molar-refractivity contribution >= 4 is 21.9 Å². The van der Waals surface area contributed by atoms with Crippen molar-refractivity contribution in [2.75, 3.05) is 11.9 Å². The highest BCUT2D eigenvalue weighted by Gasteiger charge is 2.08. The van der Waals surface area contributed by atoms with Gasteiger partial charge in [-0.05, 0) is 24.6 Å². The number of esters is 1. The molecule has 0 heterocycles. The molecule has 0 N–H and O–H groups in total. The maximum absolute atomic E-state index is 11.1.